The molecule has 1 rings (SSSR count). The summed E-state index contributed by atoms with van der Waals surface area (Å²) in [7, 11) is 1.60. The lowest BCUT2D eigenvalue weighted by atomic mass is 10.1. The first kappa shape index (κ1) is 15.5. The molecule has 1 aromatic rings. The normalized spacial score (nSPS) is 12.1. The monoisotopic (exact) mass is 265 g/mol. The third-order valence-corrected chi connectivity index (χ3v) is 3.04. The molecule has 0 bridgehead atoms. The maximum Gasteiger partial charge on any atom is 0.260 e. The van der Waals surface area contributed by atoms with Crippen molar-refractivity contribution in [3.8, 4) is 5.75 Å². The van der Waals surface area contributed by atoms with Gasteiger partial charge >= 0.3 is 0 Å². The van der Waals surface area contributed by atoms with Gasteiger partial charge in [-0.15, -0.1) is 0 Å². The average Bonchev–Trinajstić information content (AvgIpc) is 2.35. The molecule has 4 heteroatoms. The summed E-state index contributed by atoms with van der Waals surface area (Å²) < 4.78 is 10.6. The molecule has 0 saturated carbocycles. The van der Waals surface area contributed by atoms with E-state index >= 15 is 0 Å². The van der Waals surface area contributed by atoms with Crippen LogP contribution in [0.4, 0.5) is 0 Å². The lowest BCUT2D eigenvalue weighted by Gasteiger charge is -2.17. The minimum atomic E-state index is -0.517. The van der Waals surface area contributed by atoms with Crippen LogP contribution in [-0.2, 0) is 9.53 Å². The van der Waals surface area contributed by atoms with Crippen molar-refractivity contribution in [3.05, 3.63) is 28.8 Å². The predicted molar refractivity (Wildman–Crippen MR) is 75.6 cm³/mol. The number of nitrogens with one attached hydrogen (secondary N) is 1. The quantitative estimate of drug-likeness (QED) is 0.802. The van der Waals surface area contributed by atoms with E-state index in [1.807, 2.05) is 26.8 Å². The highest BCUT2D eigenvalue weighted by Gasteiger charge is 2.15. The summed E-state index contributed by atoms with van der Waals surface area (Å²) in [5.41, 5.74) is 3.37. The predicted octanol–water partition coefficient (Wildman–Crippen LogP) is 2.14. The number of ether oxygens (including phenoxy) is 2. The molecule has 0 aliphatic rings. The Bertz CT molecular complexity index is 443. The number of rotatable bonds is 6. The fourth-order valence-corrected chi connectivity index (χ4v) is 1.79. The third-order valence-electron chi connectivity index (χ3n) is 3.04. The Morgan fingerprint density at radius 2 is 2.00 bits per heavy atom. The van der Waals surface area contributed by atoms with E-state index in [4.69, 9.17) is 9.47 Å². The molecule has 0 spiro atoms. The van der Waals surface area contributed by atoms with Gasteiger partial charge in [-0.3, -0.25) is 4.79 Å². The van der Waals surface area contributed by atoms with E-state index in [-0.39, 0.29) is 5.91 Å². The standard InChI is InChI=1S/C15H23NO3/c1-10-8-11(2)12(3)14(9-10)19-13(4)15(17)16-6-7-18-5/h8-9,13H,6-7H2,1-5H3,(H,16,17)/t13-/m0/s1. The second kappa shape index (κ2) is 7.14. The van der Waals surface area contributed by atoms with E-state index in [0.717, 1.165) is 16.9 Å². The van der Waals surface area contributed by atoms with Crippen LogP contribution >= 0.6 is 0 Å². The molecule has 0 aliphatic carbocycles. The zero-order valence-corrected chi connectivity index (χ0v) is 12.4. The van der Waals surface area contributed by atoms with Gasteiger partial charge in [0.05, 0.1) is 6.61 Å². The molecule has 4 nitrogen and oxygen atoms in total. The van der Waals surface area contributed by atoms with E-state index in [9.17, 15) is 4.79 Å². The van der Waals surface area contributed by atoms with Crippen molar-refractivity contribution >= 4 is 5.91 Å². The summed E-state index contributed by atoms with van der Waals surface area (Å²) in [4.78, 5) is 11.8. The van der Waals surface area contributed by atoms with Gasteiger partial charge < -0.3 is 14.8 Å². The molecule has 0 radical (unpaired) electrons. The van der Waals surface area contributed by atoms with Crippen molar-refractivity contribution in [1.29, 1.82) is 0 Å². The van der Waals surface area contributed by atoms with E-state index in [0.29, 0.717) is 13.2 Å². The van der Waals surface area contributed by atoms with Crippen LogP contribution in [-0.4, -0.2) is 32.3 Å². The van der Waals surface area contributed by atoms with Gasteiger partial charge in [0.2, 0.25) is 0 Å². The number of aryl methyl sites for hydroxylation is 2. The first-order chi connectivity index (χ1) is 8.95. The van der Waals surface area contributed by atoms with Gasteiger partial charge in [-0.05, 0) is 50.5 Å². The average molecular weight is 265 g/mol. The highest BCUT2D eigenvalue weighted by Crippen LogP contribution is 2.24. The van der Waals surface area contributed by atoms with E-state index in [1.54, 1.807) is 14.0 Å². The smallest absolute Gasteiger partial charge is 0.260 e. The van der Waals surface area contributed by atoms with E-state index in [1.165, 1.54) is 5.56 Å². The van der Waals surface area contributed by atoms with Crippen LogP contribution in [0.1, 0.15) is 23.6 Å². The van der Waals surface area contributed by atoms with Crippen LogP contribution in [0, 0.1) is 20.8 Å². The van der Waals surface area contributed by atoms with Crippen LogP contribution in [0.25, 0.3) is 0 Å². The molecule has 0 aromatic heterocycles. The molecule has 106 valence electrons. The van der Waals surface area contributed by atoms with Crippen molar-refractivity contribution in [2.45, 2.75) is 33.8 Å². The molecule has 0 fully saturated rings. The summed E-state index contributed by atoms with van der Waals surface area (Å²) in [5, 5.41) is 2.76. The number of carbonyl (C=O) groups is 1. The fourth-order valence-electron chi connectivity index (χ4n) is 1.79. The first-order valence-electron chi connectivity index (χ1n) is 6.47. The Hall–Kier alpha value is -1.55. The number of methoxy groups -OCH3 is 1. The van der Waals surface area contributed by atoms with Gasteiger partial charge in [0.15, 0.2) is 6.10 Å². The number of hydrogen-bond acceptors (Lipinski definition) is 3. The van der Waals surface area contributed by atoms with Gasteiger partial charge in [0.1, 0.15) is 5.75 Å². The molecular weight excluding hydrogens is 242 g/mol. The van der Waals surface area contributed by atoms with Crippen molar-refractivity contribution < 1.29 is 14.3 Å². The Balaban J connectivity index is 2.66. The van der Waals surface area contributed by atoms with Gasteiger partial charge in [-0.1, -0.05) is 6.07 Å². The largest absolute Gasteiger partial charge is 0.481 e. The zero-order valence-electron chi connectivity index (χ0n) is 12.4. The molecule has 0 saturated heterocycles. The molecule has 1 aromatic carbocycles. The molecule has 19 heavy (non-hydrogen) atoms. The zero-order chi connectivity index (χ0) is 14.4. The minimum Gasteiger partial charge on any atom is -0.481 e. The number of hydrogen-bond donors (Lipinski definition) is 1. The fraction of sp³-hybridized carbons (Fsp3) is 0.533. The van der Waals surface area contributed by atoms with Gasteiger partial charge in [-0.25, -0.2) is 0 Å². The summed E-state index contributed by atoms with van der Waals surface area (Å²) >= 11 is 0. The molecule has 0 heterocycles. The molecule has 1 atom stereocenters. The molecule has 0 unspecified atom stereocenters. The van der Waals surface area contributed by atoms with Crippen molar-refractivity contribution in [2.75, 3.05) is 20.3 Å². The third kappa shape index (κ3) is 4.56. The Labute approximate surface area is 115 Å². The van der Waals surface area contributed by atoms with E-state index < -0.39 is 6.10 Å². The Morgan fingerprint density at radius 1 is 1.32 bits per heavy atom. The lowest BCUT2D eigenvalue weighted by Crippen LogP contribution is -2.38. The Morgan fingerprint density at radius 3 is 2.63 bits per heavy atom. The van der Waals surface area contributed by atoms with Crippen molar-refractivity contribution in [1.82, 2.24) is 5.32 Å². The number of amides is 1. The summed E-state index contributed by atoms with van der Waals surface area (Å²) in [6, 6.07) is 4.06. The molecular formula is C15H23NO3. The van der Waals surface area contributed by atoms with Crippen molar-refractivity contribution in [2.24, 2.45) is 0 Å². The van der Waals surface area contributed by atoms with Crippen LogP contribution in [0.15, 0.2) is 12.1 Å². The summed E-state index contributed by atoms with van der Waals surface area (Å²) in [6.45, 7) is 8.80. The highest BCUT2D eigenvalue weighted by molar-refractivity contribution is 5.80. The van der Waals surface area contributed by atoms with Crippen LogP contribution < -0.4 is 10.1 Å². The molecule has 1 N–H and O–H groups in total. The molecule has 1 amide bonds. The van der Waals surface area contributed by atoms with Crippen LogP contribution in [0.2, 0.25) is 0 Å². The number of benzene rings is 1. The second-order valence-electron chi connectivity index (χ2n) is 4.75. The topological polar surface area (TPSA) is 47.6 Å². The second-order valence-corrected chi connectivity index (χ2v) is 4.75. The van der Waals surface area contributed by atoms with Crippen LogP contribution in [0.3, 0.4) is 0 Å². The lowest BCUT2D eigenvalue weighted by molar-refractivity contribution is -0.127. The SMILES string of the molecule is COCCNC(=O)[C@H](C)Oc1cc(C)cc(C)c1C. The maximum absolute atomic E-state index is 11.8. The van der Waals surface area contributed by atoms with E-state index in [2.05, 4.69) is 11.4 Å². The highest BCUT2D eigenvalue weighted by atomic mass is 16.5. The summed E-state index contributed by atoms with van der Waals surface area (Å²) in [5.74, 6) is 0.641. The first-order valence-corrected chi connectivity index (χ1v) is 6.47. The van der Waals surface area contributed by atoms with Gasteiger partial charge in [0, 0.05) is 13.7 Å². The minimum absolute atomic E-state index is 0.129. The van der Waals surface area contributed by atoms with Gasteiger partial charge in [-0.2, -0.15) is 0 Å². The van der Waals surface area contributed by atoms with Crippen molar-refractivity contribution in [3.63, 3.8) is 0 Å². The summed E-state index contributed by atoms with van der Waals surface area (Å²) in [6.07, 6.45) is -0.517. The molecule has 0 aliphatic heterocycles. The Kier molecular flexibility index (Phi) is 5.83. The maximum atomic E-state index is 11.8. The van der Waals surface area contributed by atoms with Crippen LogP contribution in [0.5, 0.6) is 5.75 Å². The van der Waals surface area contributed by atoms with Gasteiger partial charge in [0.25, 0.3) is 5.91 Å². The number of carbonyl (C=O) groups excluding carboxylic acids is 1.